The average molecular weight is 404 g/mol. The highest BCUT2D eigenvalue weighted by Gasteiger charge is 2.41. The fourth-order valence-electron chi connectivity index (χ4n) is 2.46. The third-order valence-corrected chi connectivity index (χ3v) is 5.16. The van der Waals surface area contributed by atoms with Gasteiger partial charge in [-0.05, 0) is 12.1 Å². The van der Waals surface area contributed by atoms with E-state index in [9.17, 15) is 8.42 Å². The molecular weight excluding hydrogens is 389 g/mol. The van der Waals surface area contributed by atoms with E-state index in [-0.39, 0.29) is 0 Å². The van der Waals surface area contributed by atoms with Crippen molar-refractivity contribution in [3.8, 4) is 0 Å². The summed E-state index contributed by atoms with van der Waals surface area (Å²) in [6.45, 7) is 0. The van der Waals surface area contributed by atoms with Crippen LogP contribution in [0.3, 0.4) is 0 Å². The predicted octanol–water partition coefficient (Wildman–Crippen LogP) is 3.59. The van der Waals surface area contributed by atoms with Crippen LogP contribution in [0.25, 0.3) is 0 Å². The summed E-state index contributed by atoms with van der Waals surface area (Å²) in [5.74, 6) is 0. The van der Waals surface area contributed by atoms with Crippen molar-refractivity contribution in [2.75, 3.05) is 7.11 Å². The second kappa shape index (κ2) is 7.59. The van der Waals surface area contributed by atoms with Crippen LogP contribution in [0.5, 0.6) is 0 Å². The molecule has 2 aromatic carbocycles. The number of nitrogens with one attached hydrogen (secondary N) is 1. The van der Waals surface area contributed by atoms with Crippen molar-refractivity contribution in [1.82, 2.24) is 4.72 Å². The molecule has 2 aromatic rings. The van der Waals surface area contributed by atoms with Crippen LogP contribution < -0.4 is 4.72 Å². The van der Waals surface area contributed by atoms with Gasteiger partial charge in [0.05, 0.1) is 7.11 Å². The Morgan fingerprint density at radius 1 is 1.08 bits per heavy atom. The van der Waals surface area contributed by atoms with Crippen LogP contribution in [0, 0.1) is 0 Å². The van der Waals surface area contributed by atoms with Crippen molar-refractivity contribution in [1.29, 1.82) is 0 Å². The lowest BCUT2D eigenvalue weighted by molar-refractivity contribution is -0.0704. The second-order valence-corrected chi connectivity index (χ2v) is 7.58. The molecule has 1 fully saturated rings. The van der Waals surface area contributed by atoms with Gasteiger partial charge in [-0.2, -0.15) is 13.1 Å². The average Bonchev–Trinajstić information content (AvgIpc) is 2.98. The minimum absolute atomic E-state index is 0.344. The number of halogens is 2. The van der Waals surface area contributed by atoms with Crippen molar-refractivity contribution >= 4 is 33.5 Å². The fraction of sp³-hybridized carbons (Fsp3) is 0.250. The zero-order valence-corrected chi connectivity index (χ0v) is 15.4. The normalized spacial score (nSPS) is 23.7. The number of hydrogen-bond acceptors (Lipinski definition) is 5. The van der Waals surface area contributed by atoms with E-state index >= 15 is 0 Å². The molecule has 1 heterocycles. The van der Waals surface area contributed by atoms with Gasteiger partial charge >= 0.3 is 10.3 Å². The Hall–Kier alpha value is -1.19. The molecule has 3 atom stereocenters. The van der Waals surface area contributed by atoms with Gasteiger partial charge in [0.2, 0.25) is 0 Å². The van der Waals surface area contributed by atoms with E-state index in [0.717, 1.165) is 12.7 Å². The summed E-state index contributed by atoms with van der Waals surface area (Å²) < 4.78 is 42.0. The first-order chi connectivity index (χ1) is 11.9. The quantitative estimate of drug-likeness (QED) is 0.825. The zero-order valence-electron chi connectivity index (χ0n) is 13.1. The first kappa shape index (κ1) is 18.6. The smallest absolute Gasteiger partial charge is 0.336 e. The lowest BCUT2D eigenvalue weighted by Crippen LogP contribution is -2.38. The summed E-state index contributed by atoms with van der Waals surface area (Å²) in [6, 6.07) is 14.0. The van der Waals surface area contributed by atoms with E-state index in [1.807, 2.05) is 30.3 Å². The molecule has 0 amide bonds. The molecule has 134 valence electrons. The molecule has 6 nitrogen and oxygen atoms in total. The molecule has 0 aliphatic carbocycles. The topological polar surface area (TPSA) is 73.9 Å². The molecule has 0 saturated carbocycles. The van der Waals surface area contributed by atoms with Gasteiger partial charge < -0.3 is 9.47 Å². The molecular formula is C16H15Cl2NO5S. The van der Waals surface area contributed by atoms with Gasteiger partial charge in [-0.3, -0.25) is 4.18 Å². The molecule has 3 unspecified atom stereocenters. The molecule has 1 saturated heterocycles. The molecule has 0 aromatic heterocycles. The molecule has 1 aliphatic heterocycles. The maximum atomic E-state index is 11.8. The molecule has 25 heavy (non-hydrogen) atoms. The van der Waals surface area contributed by atoms with Crippen molar-refractivity contribution in [3.05, 3.63) is 69.7 Å². The number of ether oxygens (including phenoxy) is 2. The summed E-state index contributed by atoms with van der Waals surface area (Å²) in [7, 11) is -2.94. The summed E-state index contributed by atoms with van der Waals surface area (Å²) >= 11 is 12.2. The van der Waals surface area contributed by atoms with E-state index < -0.39 is 28.9 Å². The van der Waals surface area contributed by atoms with Crippen LogP contribution in [-0.2, 0) is 24.0 Å². The number of hydrogen-bond donors (Lipinski definition) is 1. The summed E-state index contributed by atoms with van der Waals surface area (Å²) in [5, 5.41) is 0.803. The minimum Gasteiger partial charge on any atom is -0.336 e. The van der Waals surface area contributed by atoms with Crippen LogP contribution in [0.15, 0.2) is 48.5 Å². The zero-order chi connectivity index (χ0) is 18.0. The van der Waals surface area contributed by atoms with Crippen LogP contribution in [0.4, 0.5) is 0 Å². The molecule has 0 spiro atoms. The van der Waals surface area contributed by atoms with Gasteiger partial charge in [-0.15, -0.1) is 0 Å². The Morgan fingerprint density at radius 2 is 1.80 bits per heavy atom. The highest BCUT2D eigenvalue weighted by molar-refractivity contribution is 7.84. The van der Waals surface area contributed by atoms with Gasteiger partial charge in [-0.25, -0.2) is 0 Å². The van der Waals surface area contributed by atoms with Crippen molar-refractivity contribution in [3.63, 3.8) is 0 Å². The summed E-state index contributed by atoms with van der Waals surface area (Å²) in [4.78, 5) is 0. The SMILES string of the molecule is COS(=O)(=O)NC1OC(c2ccccc2)OC1c1ccc(Cl)cc1Cl. The maximum Gasteiger partial charge on any atom is 0.337 e. The van der Waals surface area contributed by atoms with E-state index in [1.54, 1.807) is 18.2 Å². The Labute approximate surface area is 155 Å². The molecule has 0 radical (unpaired) electrons. The maximum absolute atomic E-state index is 11.8. The lowest BCUT2D eigenvalue weighted by atomic mass is 10.1. The van der Waals surface area contributed by atoms with Crippen molar-refractivity contribution in [2.24, 2.45) is 0 Å². The Kier molecular flexibility index (Phi) is 5.65. The summed E-state index contributed by atoms with van der Waals surface area (Å²) in [5.41, 5.74) is 1.30. The molecule has 3 rings (SSSR count). The molecule has 1 aliphatic rings. The number of rotatable bonds is 5. The van der Waals surface area contributed by atoms with E-state index in [4.69, 9.17) is 32.7 Å². The molecule has 1 N–H and O–H groups in total. The standard InChI is InChI=1S/C16H15Cl2NO5S/c1-22-25(20,21)19-15-14(12-8-7-11(17)9-13(12)18)23-16(24-15)10-5-3-2-4-6-10/h2-9,14-16,19H,1H3. The molecule has 9 heteroatoms. The monoisotopic (exact) mass is 403 g/mol. The van der Waals surface area contributed by atoms with Crippen LogP contribution in [0.1, 0.15) is 23.5 Å². The Bertz CT molecular complexity index is 847. The van der Waals surface area contributed by atoms with Gasteiger partial charge in [0.15, 0.2) is 12.5 Å². The van der Waals surface area contributed by atoms with Gasteiger partial charge in [0, 0.05) is 21.2 Å². The third kappa shape index (κ3) is 4.32. The van der Waals surface area contributed by atoms with Gasteiger partial charge in [0.25, 0.3) is 0 Å². The van der Waals surface area contributed by atoms with Gasteiger partial charge in [0.1, 0.15) is 6.10 Å². The summed E-state index contributed by atoms with van der Waals surface area (Å²) in [6.07, 6.45) is -2.56. The Morgan fingerprint density at radius 3 is 2.44 bits per heavy atom. The largest absolute Gasteiger partial charge is 0.337 e. The van der Waals surface area contributed by atoms with Crippen LogP contribution in [-0.4, -0.2) is 21.8 Å². The van der Waals surface area contributed by atoms with Crippen molar-refractivity contribution < 1.29 is 22.1 Å². The van der Waals surface area contributed by atoms with Crippen LogP contribution in [0.2, 0.25) is 10.0 Å². The highest BCUT2D eigenvalue weighted by atomic mass is 35.5. The van der Waals surface area contributed by atoms with Crippen LogP contribution >= 0.6 is 23.2 Å². The second-order valence-electron chi connectivity index (χ2n) is 5.26. The Balaban J connectivity index is 1.94. The van der Waals surface area contributed by atoms with E-state index in [2.05, 4.69) is 8.91 Å². The predicted molar refractivity (Wildman–Crippen MR) is 93.4 cm³/mol. The van der Waals surface area contributed by atoms with E-state index in [1.165, 1.54) is 0 Å². The first-order valence-electron chi connectivity index (χ1n) is 7.28. The van der Waals surface area contributed by atoms with E-state index in [0.29, 0.717) is 15.6 Å². The van der Waals surface area contributed by atoms with Crippen molar-refractivity contribution in [2.45, 2.75) is 18.6 Å². The minimum atomic E-state index is -3.99. The van der Waals surface area contributed by atoms with Gasteiger partial charge in [-0.1, -0.05) is 59.6 Å². The highest BCUT2D eigenvalue weighted by Crippen LogP contribution is 2.41. The third-order valence-electron chi connectivity index (χ3n) is 3.64. The lowest BCUT2D eigenvalue weighted by Gasteiger charge is -2.18. The molecule has 0 bridgehead atoms. The number of benzene rings is 2. The first-order valence-corrected chi connectivity index (χ1v) is 9.45. The fourth-order valence-corrected chi connectivity index (χ4v) is 3.53.